The third-order valence-corrected chi connectivity index (χ3v) is 5.28. The Morgan fingerprint density at radius 2 is 2.27 bits per heavy atom. The van der Waals surface area contributed by atoms with Crippen molar-refractivity contribution in [1.29, 1.82) is 0 Å². The summed E-state index contributed by atoms with van der Waals surface area (Å²) < 4.78 is 1.85. The number of amides is 1. The number of piperidine rings is 1. The van der Waals surface area contributed by atoms with Crippen molar-refractivity contribution >= 4 is 46.0 Å². The standard InChI is InChI=1S/C19H24ClN9O/c1-4-14(30)28-7-5-6-12(9-28)22-17-15-16(20)26-27-18(15)25-19(24-17)23-13-8-21-29(10-13)11(2)3/h4,8,10-12H,1,5-7,9H2,2-3H3,(H3,22,23,24,25,26,27)/t12-/m1/s1. The summed E-state index contributed by atoms with van der Waals surface area (Å²) in [6.07, 6.45) is 6.76. The number of hydrogen-bond acceptors (Lipinski definition) is 7. The molecule has 1 aliphatic heterocycles. The van der Waals surface area contributed by atoms with E-state index in [9.17, 15) is 4.79 Å². The summed E-state index contributed by atoms with van der Waals surface area (Å²) in [5.74, 6) is 0.877. The first-order valence-corrected chi connectivity index (χ1v) is 10.2. The maximum Gasteiger partial charge on any atom is 0.246 e. The van der Waals surface area contributed by atoms with Gasteiger partial charge in [0.25, 0.3) is 0 Å². The lowest BCUT2D eigenvalue weighted by atomic mass is 10.1. The van der Waals surface area contributed by atoms with Crippen LogP contribution >= 0.6 is 11.6 Å². The summed E-state index contributed by atoms with van der Waals surface area (Å²) in [6, 6.07) is 0.280. The van der Waals surface area contributed by atoms with Gasteiger partial charge in [-0.2, -0.15) is 20.2 Å². The lowest BCUT2D eigenvalue weighted by molar-refractivity contribution is -0.127. The number of carbonyl (C=O) groups is 1. The molecule has 0 radical (unpaired) electrons. The zero-order chi connectivity index (χ0) is 21.3. The largest absolute Gasteiger partial charge is 0.365 e. The molecule has 11 heteroatoms. The average Bonchev–Trinajstić information content (AvgIpc) is 3.35. The van der Waals surface area contributed by atoms with Crippen LogP contribution < -0.4 is 10.6 Å². The molecule has 0 aliphatic carbocycles. The second-order valence-corrected chi connectivity index (χ2v) is 7.91. The molecule has 1 fully saturated rings. The molecule has 0 aromatic carbocycles. The molecular formula is C19H24ClN9O. The van der Waals surface area contributed by atoms with E-state index < -0.39 is 0 Å². The van der Waals surface area contributed by atoms with Crippen LogP contribution in [-0.2, 0) is 4.79 Å². The van der Waals surface area contributed by atoms with Crippen LogP contribution in [0.2, 0.25) is 5.15 Å². The minimum absolute atomic E-state index is 0.0308. The Morgan fingerprint density at radius 1 is 1.43 bits per heavy atom. The van der Waals surface area contributed by atoms with E-state index in [0.717, 1.165) is 25.1 Å². The molecule has 4 rings (SSSR count). The van der Waals surface area contributed by atoms with E-state index in [2.05, 4.69) is 56.3 Å². The van der Waals surface area contributed by atoms with Gasteiger partial charge in [0.15, 0.2) is 5.65 Å². The molecule has 3 N–H and O–H groups in total. The SMILES string of the molecule is C=CC(=O)N1CCC[C@@H](Nc2nc(Nc3cnn(C(C)C)c3)nc3n[nH]c(Cl)c23)C1. The molecule has 1 saturated heterocycles. The van der Waals surface area contributed by atoms with Crippen LogP contribution in [0.3, 0.4) is 0 Å². The summed E-state index contributed by atoms with van der Waals surface area (Å²) in [5, 5.41) is 18.8. The van der Waals surface area contributed by atoms with Crippen molar-refractivity contribution in [2.75, 3.05) is 23.7 Å². The monoisotopic (exact) mass is 429 g/mol. The van der Waals surface area contributed by atoms with Crippen LogP contribution in [0.4, 0.5) is 17.5 Å². The molecule has 0 spiro atoms. The number of H-pyrrole nitrogens is 1. The Labute approximate surface area is 178 Å². The summed E-state index contributed by atoms with van der Waals surface area (Å²) >= 11 is 6.30. The number of halogens is 1. The third kappa shape index (κ3) is 4.09. The van der Waals surface area contributed by atoms with Crippen molar-refractivity contribution in [3.8, 4) is 0 Å². The highest BCUT2D eigenvalue weighted by atomic mass is 35.5. The van der Waals surface area contributed by atoms with Crippen molar-refractivity contribution in [2.24, 2.45) is 0 Å². The Kier molecular flexibility index (Phi) is 5.58. The fraction of sp³-hybridized carbons (Fsp3) is 0.421. The molecule has 1 aliphatic rings. The second-order valence-electron chi connectivity index (χ2n) is 7.53. The number of fused-ring (bicyclic) bond motifs is 1. The second kappa shape index (κ2) is 8.31. The van der Waals surface area contributed by atoms with Gasteiger partial charge in [-0.25, -0.2) is 0 Å². The van der Waals surface area contributed by atoms with Crippen molar-refractivity contribution in [1.82, 2.24) is 34.8 Å². The summed E-state index contributed by atoms with van der Waals surface area (Å²) in [7, 11) is 0. The van der Waals surface area contributed by atoms with Crippen LogP contribution in [0.1, 0.15) is 32.7 Å². The molecule has 3 aromatic heterocycles. The van der Waals surface area contributed by atoms with Crippen LogP contribution in [0, 0.1) is 0 Å². The van der Waals surface area contributed by atoms with E-state index in [1.54, 1.807) is 11.1 Å². The van der Waals surface area contributed by atoms with Gasteiger partial charge in [-0.05, 0) is 32.8 Å². The summed E-state index contributed by atoms with van der Waals surface area (Å²) in [5.41, 5.74) is 1.22. The minimum Gasteiger partial charge on any atom is -0.365 e. The number of aromatic amines is 1. The van der Waals surface area contributed by atoms with Gasteiger partial charge in [-0.3, -0.25) is 14.6 Å². The maximum atomic E-state index is 12.0. The Bertz CT molecular complexity index is 1070. The molecule has 3 aromatic rings. The number of likely N-dealkylation sites (tertiary alicyclic amines) is 1. The van der Waals surface area contributed by atoms with E-state index in [-0.39, 0.29) is 18.0 Å². The number of carbonyl (C=O) groups excluding carboxylic acids is 1. The number of anilines is 3. The highest BCUT2D eigenvalue weighted by Gasteiger charge is 2.24. The van der Waals surface area contributed by atoms with Crippen molar-refractivity contribution in [3.63, 3.8) is 0 Å². The number of aromatic nitrogens is 6. The van der Waals surface area contributed by atoms with E-state index in [1.807, 2.05) is 10.9 Å². The Balaban J connectivity index is 1.60. The van der Waals surface area contributed by atoms with Gasteiger partial charge in [-0.1, -0.05) is 18.2 Å². The highest BCUT2D eigenvalue weighted by molar-refractivity contribution is 6.35. The van der Waals surface area contributed by atoms with Gasteiger partial charge < -0.3 is 15.5 Å². The average molecular weight is 430 g/mol. The van der Waals surface area contributed by atoms with Gasteiger partial charge in [0.05, 0.1) is 11.9 Å². The smallest absolute Gasteiger partial charge is 0.246 e. The fourth-order valence-electron chi connectivity index (χ4n) is 3.48. The van der Waals surface area contributed by atoms with Gasteiger partial charge >= 0.3 is 0 Å². The van der Waals surface area contributed by atoms with Crippen molar-refractivity contribution < 1.29 is 4.79 Å². The quantitative estimate of drug-likeness (QED) is 0.515. The zero-order valence-electron chi connectivity index (χ0n) is 16.9. The third-order valence-electron chi connectivity index (χ3n) is 5.00. The maximum absolute atomic E-state index is 12.0. The number of hydrogen-bond donors (Lipinski definition) is 3. The highest BCUT2D eigenvalue weighted by Crippen LogP contribution is 2.29. The molecule has 0 unspecified atom stereocenters. The molecule has 4 heterocycles. The van der Waals surface area contributed by atoms with Crippen LogP contribution in [0.5, 0.6) is 0 Å². The normalized spacial score (nSPS) is 16.8. The van der Waals surface area contributed by atoms with Gasteiger partial charge in [0.1, 0.15) is 16.4 Å². The van der Waals surface area contributed by atoms with Gasteiger partial charge in [-0.15, -0.1) is 0 Å². The molecule has 10 nitrogen and oxygen atoms in total. The number of nitrogens with zero attached hydrogens (tertiary/aromatic N) is 6. The van der Waals surface area contributed by atoms with Crippen LogP contribution in [0.25, 0.3) is 11.0 Å². The van der Waals surface area contributed by atoms with Crippen LogP contribution in [0.15, 0.2) is 25.0 Å². The fourth-order valence-corrected chi connectivity index (χ4v) is 3.70. The molecule has 0 bridgehead atoms. The predicted octanol–water partition coefficient (Wildman–Crippen LogP) is 3.12. The predicted molar refractivity (Wildman–Crippen MR) is 116 cm³/mol. The Morgan fingerprint density at radius 3 is 3.00 bits per heavy atom. The zero-order valence-corrected chi connectivity index (χ0v) is 17.6. The molecule has 1 atom stereocenters. The molecular weight excluding hydrogens is 406 g/mol. The van der Waals surface area contributed by atoms with Gasteiger partial charge in [0, 0.05) is 31.4 Å². The minimum atomic E-state index is -0.0693. The molecule has 0 saturated carbocycles. The van der Waals surface area contributed by atoms with E-state index in [1.165, 1.54) is 6.08 Å². The first kappa shape index (κ1) is 20.1. The van der Waals surface area contributed by atoms with Gasteiger partial charge in [0.2, 0.25) is 11.9 Å². The van der Waals surface area contributed by atoms with Crippen LogP contribution in [-0.4, -0.2) is 59.9 Å². The first-order chi connectivity index (χ1) is 14.4. The van der Waals surface area contributed by atoms with Crippen molar-refractivity contribution in [3.05, 3.63) is 30.2 Å². The van der Waals surface area contributed by atoms with E-state index in [0.29, 0.717) is 34.5 Å². The molecule has 30 heavy (non-hydrogen) atoms. The topological polar surface area (TPSA) is 117 Å². The summed E-state index contributed by atoms with van der Waals surface area (Å²) in [6.45, 7) is 8.97. The number of nitrogens with one attached hydrogen (secondary N) is 3. The number of rotatable bonds is 6. The lowest BCUT2D eigenvalue weighted by Crippen LogP contribution is -2.44. The van der Waals surface area contributed by atoms with E-state index >= 15 is 0 Å². The first-order valence-electron chi connectivity index (χ1n) is 9.85. The molecule has 1 amide bonds. The molecule has 158 valence electrons. The lowest BCUT2D eigenvalue weighted by Gasteiger charge is -2.32. The van der Waals surface area contributed by atoms with Crippen molar-refractivity contribution in [2.45, 2.75) is 38.8 Å². The Hall–Kier alpha value is -3.14. The summed E-state index contributed by atoms with van der Waals surface area (Å²) in [4.78, 5) is 22.9. The van der Waals surface area contributed by atoms with E-state index in [4.69, 9.17) is 11.6 Å².